The molecule has 0 amide bonds. The molecule has 2 aromatic rings. The van der Waals surface area contributed by atoms with Gasteiger partial charge in [-0.15, -0.1) is 0 Å². The van der Waals surface area contributed by atoms with Crippen LogP contribution in [0, 0.1) is 6.92 Å². The van der Waals surface area contributed by atoms with Gasteiger partial charge in [0.1, 0.15) is 29.3 Å². The molecule has 0 radical (unpaired) electrons. The summed E-state index contributed by atoms with van der Waals surface area (Å²) < 4.78 is 17.3. The van der Waals surface area contributed by atoms with Crippen molar-refractivity contribution in [2.75, 3.05) is 6.61 Å². The van der Waals surface area contributed by atoms with Gasteiger partial charge in [-0.3, -0.25) is 9.59 Å². The number of aromatic hydroxyl groups is 1. The molecule has 11 nitrogen and oxygen atoms in total. The summed E-state index contributed by atoms with van der Waals surface area (Å²) in [5.74, 6) is -2.05. The highest BCUT2D eigenvalue weighted by atomic mass is 16.7. The molecule has 0 bridgehead atoms. The molecule has 4 aliphatic rings. The Morgan fingerprint density at radius 3 is 2.59 bits per heavy atom. The van der Waals surface area contributed by atoms with E-state index in [9.17, 15) is 34.8 Å². The van der Waals surface area contributed by atoms with Crippen LogP contribution in [0.1, 0.15) is 63.4 Å². The van der Waals surface area contributed by atoms with E-state index >= 15 is 0 Å². The zero-order chi connectivity index (χ0) is 27.7. The maximum Gasteiger partial charge on any atom is 0.331 e. The first-order chi connectivity index (χ1) is 18.6. The molecule has 2 fully saturated rings. The van der Waals surface area contributed by atoms with Gasteiger partial charge >= 0.3 is 5.97 Å². The van der Waals surface area contributed by atoms with E-state index in [1.54, 1.807) is 26.0 Å². The van der Waals surface area contributed by atoms with E-state index in [1.807, 2.05) is 0 Å². The van der Waals surface area contributed by atoms with Gasteiger partial charge in [0.15, 0.2) is 5.78 Å². The van der Waals surface area contributed by atoms with E-state index in [4.69, 9.17) is 14.2 Å². The number of carbonyl (C=O) groups is 3. The third-order valence-corrected chi connectivity index (χ3v) is 7.67. The maximum absolute atomic E-state index is 14.3. The minimum absolute atomic E-state index is 0.0267. The fourth-order valence-electron chi connectivity index (χ4n) is 5.90. The SMILES string of the molecule is Cc1cc(O)c2c(c1)[C@H]1OC(=O)[C@H](CCO)N1C1=C2C(=O)c2cccc(O[C@H]3C[C@@H](O)[C@@H](O)[C@H](C)O3)c2C1=O. The normalized spacial score (nSPS) is 29.5. The molecule has 2 aromatic carbocycles. The Morgan fingerprint density at radius 1 is 1.10 bits per heavy atom. The van der Waals surface area contributed by atoms with Gasteiger partial charge in [-0.25, -0.2) is 4.79 Å². The molecule has 0 spiro atoms. The van der Waals surface area contributed by atoms with Crippen LogP contribution in [0.15, 0.2) is 36.0 Å². The number of nitrogens with zero attached hydrogens (tertiary/aromatic N) is 1. The van der Waals surface area contributed by atoms with E-state index in [0.717, 1.165) is 0 Å². The van der Waals surface area contributed by atoms with Gasteiger partial charge in [0, 0.05) is 36.1 Å². The number of benzene rings is 2. The van der Waals surface area contributed by atoms with Crippen molar-refractivity contribution in [2.24, 2.45) is 0 Å². The Bertz CT molecular complexity index is 1440. The van der Waals surface area contributed by atoms with Gasteiger partial charge in [-0.05, 0) is 37.6 Å². The molecule has 2 saturated heterocycles. The number of allylic oxidation sites excluding steroid dienone is 2. The van der Waals surface area contributed by atoms with Crippen molar-refractivity contribution in [3.8, 4) is 11.5 Å². The number of hydrogen-bond acceptors (Lipinski definition) is 11. The lowest BCUT2D eigenvalue weighted by atomic mass is 9.78. The predicted molar refractivity (Wildman–Crippen MR) is 133 cm³/mol. The van der Waals surface area contributed by atoms with E-state index in [2.05, 4.69) is 0 Å². The Labute approximate surface area is 222 Å². The summed E-state index contributed by atoms with van der Waals surface area (Å²) in [6, 6.07) is 6.64. The lowest BCUT2D eigenvalue weighted by Crippen LogP contribution is -2.48. The summed E-state index contributed by atoms with van der Waals surface area (Å²) in [5.41, 5.74) is 0.940. The number of fused-ring (bicyclic) bond motifs is 6. The fraction of sp³-hybridized carbons (Fsp3) is 0.393. The molecule has 6 rings (SSSR count). The lowest BCUT2D eigenvalue weighted by molar-refractivity contribution is -0.216. The first kappa shape index (κ1) is 25.5. The van der Waals surface area contributed by atoms with Crippen molar-refractivity contribution < 1.29 is 49.0 Å². The quantitative estimate of drug-likeness (QED) is 0.416. The van der Waals surface area contributed by atoms with Crippen LogP contribution in [0.3, 0.4) is 0 Å². The number of phenolic OH excluding ortho intramolecular Hbond substituents is 1. The summed E-state index contributed by atoms with van der Waals surface area (Å²) in [6.45, 7) is 2.96. The highest BCUT2D eigenvalue weighted by molar-refractivity contribution is 6.41. The number of esters is 1. The van der Waals surface area contributed by atoms with Crippen molar-refractivity contribution in [3.63, 3.8) is 0 Å². The van der Waals surface area contributed by atoms with Crippen LogP contribution in [-0.2, 0) is 14.3 Å². The summed E-state index contributed by atoms with van der Waals surface area (Å²) in [5, 5.41) is 40.8. The Morgan fingerprint density at radius 2 is 1.87 bits per heavy atom. The molecule has 4 N–H and O–H groups in total. The van der Waals surface area contributed by atoms with Crippen LogP contribution in [0.2, 0.25) is 0 Å². The number of ketones is 2. The molecule has 204 valence electrons. The fourth-order valence-corrected chi connectivity index (χ4v) is 5.90. The average molecular weight is 538 g/mol. The summed E-state index contributed by atoms with van der Waals surface area (Å²) in [7, 11) is 0. The van der Waals surface area contributed by atoms with Crippen molar-refractivity contribution in [3.05, 3.63) is 63.8 Å². The van der Waals surface area contributed by atoms with Gasteiger partial charge < -0.3 is 39.5 Å². The molecule has 3 aliphatic heterocycles. The van der Waals surface area contributed by atoms with Crippen LogP contribution in [0.4, 0.5) is 0 Å². The van der Waals surface area contributed by atoms with Gasteiger partial charge in [-0.2, -0.15) is 0 Å². The molecule has 1 aliphatic carbocycles. The first-order valence-electron chi connectivity index (χ1n) is 12.7. The number of phenols is 1. The first-order valence-corrected chi connectivity index (χ1v) is 12.7. The molecular weight excluding hydrogens is 510 g/mol. The number of hydrogen-bond donors (Lipinski definition) is 4. The zero-order valence-corrected chi connectivity index (χ0v) is 21.2. The second kappa shape index (κ2) is 9.16. The molecule has 39 heavy (non-hydrogen) atoms. The lowest BCUT2D eigenvalue weighted by Gasteiger charge is -2.39. The van der Waals surface area contributed by atoms with Gasteiger partial charge in [-0.1, -0.05) is 12.1 Å². The van der Waals surface area contributed by atoms with Crippen LogP contribution in [0.25, 0.3) is 5.57 Å². The van der Waals surface area contributed by atoms with E-state index in [1.165, 1.54) is 23.1 Å². The highest BCUT2D eigenvalue weighted by Gasteiger charge is 2.53. The summed E-state index contributed by atoms with van der Waals surface area (Å²) in [4.78, 5) is 42.6. The minimum Gasteiger partial charge on any atom is -0.507 e. The van der Waals surface area contributed by atoms with E-state index in [-0.39, 0.29) is 58.9 Å². The van der Waals surface area contributed by atoms with Crippen molar-refractivity contribution in [1.29, 1.82) is 0 Å². The molecule has 3 heterocycles. The zero-order valence-electron chi connectivity index (χ0n) is 21.2. The summed E-state index contributed by atoms with van der Waals surface area (Å²) in [6.07, 6.45) is -5.15. The van der Waals surface area contributed by atoms with Crippen LogP contribution < -0.4 is 4.74 Å². The van der Waals surface area contributed by atoms with E-state index < -0.39 is 54.4 Å². The third kappa shape index (κ3) is 3.76. The van der Waals surface area contributed by atoms with Crippen molar-refractivity contribution >= 4 is 23.1 Å². The largest absolute Gasteiger partial charge is 0.507 e. The number of rotatable bonds is 4. The smallest absolute Gasteiger partial charge is 0.331 e. The Hall–Kier alpha value is -3.77. The Kier molecular flexibility index (Phi) is 5.99. The number of aryl methyl sites for hydroxylation is 1. The average Bonchev–Trinajstić information content (AvgIpc) is 3.21. The predicted octanol–water partition coefficient (Wildman–Crippen LogP) is 1.35. The molecule has 6 atom stereocenters. The molecule has 11 heteroatoms. The van der Waals surface area contributed by atoms with Crippen LogP contribution in [-0.4, -0.2) is 80.1 Å². The van der Waals surface area contributed by atoms with Crippen molar-refractivity contribution in [1.82, 2.24) is 4.90 Å². The number of aliphatic hydroxyl groups is 3. The summed E-state index contributed by atoms with van der Waals surface area (Å²) >= 11 is 0. The third-order valence-electron chi connectivity index (χ3n) is 7.67. The molecule has 0 unspecified atom stereocenters. The minimum atomic E-state index is -1.11. The van der Waals surface area contributed by atoms with Crippen molar-refractivity contribution in [2.45, 2.75) is 63.6 Å². The number of Topliss-reactive ketones (excluding diaryl/α,β-unsaturated/α-hetero) is 2. The van der Waals surface area contributed by atoms with Gasteiger partial charge in [0.25, 0.3) is 0 Å². The molecular formula is C28H27NO10. The molecule has 0 saturated carbocycles. The standard InChI is InChI=1S/C28H27NO10/c1-11-8-14-20(16(31)9-11)22-23(29-15(6-7-30)28(36)39-27(14)29)26(35)21-13(25(22)34)4-3-5-18(21)38-19-10-17(32)24(33)12(2)37-19/h3-5,8-9,12,15,17,19,24,27,30-33H,6-7,10H2,1-2H3/t12-,15-,17+,19-,24-,27+/m0/s1. The number of carbonyl (C=O) groups excluding carboxylic acids is 3. The van der Waals surface area contributed by atoms with Gasteiger partial charge in [0.05, 0.1) is 23.3 Å². The van der Waals surface area contributed by atoms with Crippen LogP contribution in [0.5, 0.6) is 11.5 Å². The number of aliphatic hydroxyl groups excluding tert-OH is 3. The molecule has 0 aromatic heterocycles. The monoisotopic (exact) mass is 537 g/mol. The maximum atomic E-state index is 14.3. The van der Waals surface area contributed by atoms with Crippen LogP contribution >= 0.6 is 0 Å². The second-order valence-corrected chi connectivity index (χ2v) is 10.2. The van der Waals surface area contributed by atoms with Gasteiger partial charge in [0.2, 0.25) is 18.3 Å². The second-order valence-electron chi connectivity index (χ2n) is 10.2. The van der Waals surface area contributed by atoms with E-state index in [0.29, 0.717) is 11.1 Å². The highest BCUT2D eigenvalue weighted by Crippen LogP contribution is 2.52. The Balaban J connectivity index is 1.51. The topological polar surface area (TPSA) is 163 Å². The number of ether oxygens (including phenoxy) is 3.